The molecule has 0 aliphatic rings. The van der Waals surface area contributed by atoms with Gasteiger partial charge < -0.3 is 19.3 Å². The van der Waals surface area contributed by atoms with Gasteiger partial charge in [-0.05, 0) is 44.9 Å². The number of benzene rings is 1. The third-order valence-electron chi connectivity index (χ3n) is 3.84. The summed E-state index contributed by atoms with van der Waals surface area (Å²) in [7, 11) is 0. The van der Waals surface area contributed by atoms with E-state index in [9.17, 15) is 4.79 Å². The topological polar surface area (TPSA) is 73.6 Å². The zero-order valence-corrected chi connectivity index (χ0v) is 15.1. The Morgan fingerprint density at radius 2 is 2.00 bits per heavy atom. The van der Waals surface area contributed by atoms with E-state index < -0.39 is 0 Å². The number of ether oxygens (including phenoxy) is 2. The lowest BCUT2D eigenvalue weighted by atomic mass is 10.1. The second-order valence-corrected chi connectivity index (χ2v) is 5.81. The van der Waals surface area contributed by atoms with Crippen molar-refractivity contribution in [3.8, 4) is 5.75 Å². The molecule has 0 fully saturated rings. The van der Waals surface area contributed by atoms with Gasteiger partial charge in [-0.3, -0.25) is 4.79 Å². The molecule has 1 amide bonds. The Morgan fingerprint density at radius 1 is 1.24 bits per heavy atom. The molecule has 25 heavy (non-hydrogen) atoms. The molecule has 0 aliphatic heterocycles. The minimum absolute atomic E-state index is 0.0147. The van der Waals surface area contributed by atoms with Crippen molar-refractivity contribution in [2.24, 2.45) is 0 Å². The van der Waals surface area contributed by atoms with Crippen LogP contribution in [0.3, 0.4) is 0 Å². The summed E-state index contributed by atoms with van der Waals surface area (Å²) in [5.41, 5.74) is 2.76. The minimum atomic E-state index is 0.0147. The molecule has 1 heterocycles. The van der Waals surface area contributed by atoms with E-state index >= 15 is 0 Å². The van der Waals surface area contributed by atoms with E-state index in [0.29, 0.717) is 32.8 Å². The second-order valence-electron chi connectivity index (χ2n) is 5.81. The van der Waals surface area contributed by atoms with Crippen molar-refractivity contribution in [1.29, 1.82) is 0 Å². The first-order chi connectivity index (χ1) is 12.1. The molecule has 0 saturated carbocycles. The smallest absolute Gasteiger partial charge is 0.224 e. The number of amides is 1. The Labute approximate surface area is 148 Å². The van der Waals surface area contributed by atoms with Crippen molar-refractivity contribution in [2.75, 3.05) is 19.8 Å². The lowest BCUT2D eigenvalue weighted by Crippen LogP contribution is -2.26. The number of nitrogens with zero attached hydrogens (tertiary/aromatic N) is 1. The van der Waals surface area contributed by atoms with Gasteiger partial charge in [-0.1, -0.05) is 17.3 Å². The van der Waals surface area contributed by atoms with E-state index in [1.54, 1.807) is 0 Å². The molecular formula is C19H26N2O4. The van der Waals surface area contributed by atoms with Gasteiger partial charge in [-0.15, -0.1) is 0 Å². The molecule has 0 bridgehead atoms. The quantitative estimate of drug-likeness (QED) is 0.670. The summed E-state index contributed by atoms with van der Waals surface area (Å²) >= 11 is 0. The van der Waals surface area contributed by atoms with Crippen LogP contribution >= 0.6 is 0 Å². The molecule has 6 nitrogen and oxygen atoms in total. The van der Waals surface area contributed by atoms with E-state index in [2.05, 4.69) is 10.5 Å². The molecule has 2 aromatic rings. The monoisotopic (exact) mass is 346 g/mol. The largest absolute Gasteiger partial charge is 0.489 e. The number of carbonyl (C=O) groups is 1. The average molecular weight is 346 g/mol. The van der Waals surface area contributed by atoms with Crippen LogP contribution in [0, 0.1) is 13.8 Å². The van der Waals surface area contributed by atoms with Crippen LogP contribution in [-0.2, 0) is 22.6 Å². The van der Waals surface area contributed by atoms with Crippen LogP contribution in [0.4, 0.5) is 0 Å². The first-order valence-electron chi connectivity index (χ1n) is 8.58. The van der Waals surface area contributed by atoms with Crippen molar-refractivity contribution in [2.45, 2.75) is 40.2 Å². The lowest BCUT2D eigenvalue weighted by Gasteiger charge is -2.08. The second kappa shape index (κ2) is 9.84. The van der Waals surface area contributed by atoms with Gasteiger partial charge in [0, 0.05) is 19.8 Å². The molecule has 1 N–H and O–H groups in total. The molecule has 0 unspecified atom stereocenters. The minimum Gasteiger partial charge on any atom is -0.489 e. The van der Waals surface area contributed by atoms with Crippen LogP contribution < -0.4 is 10.1 Å². The SMILES string of the molecule is CCOCCCNC(=O)Cc1ccc(OCc2c(C)noc2C)cc1. The molecule has 0 radical (unpaired) electrons. The van der Waals surface area contributed by atoms with Crippen LogP contribution in [0.1, 0.15) is 35.9 Å². The normalized spacial score (nSPS) is 10.7. The Hall–Kier alpha value is -2.34. The van der Waals surface area contributed by atoms with E-state index in [0.717, 1.165) is 34.8 Å². The maximum absolute atomic E-state index is 11.9. The van der Waals surface area contributed by atoms with Crippen molar-refractivity contribution >= 4 is 5.91 Å². The number of hydrogen-bond acceptors (Lipinski definition) is 5. The Morgan fingerprint density at radius 3 is 2.64 bits per heavy atom. The van der Waals surface area contributed by atoms with E-state index in [1.807, 2.05) is 45.0 Å². The number of rotatable bonds is 10. The van der Waals surface area contributed by atoms with E-state index in [-0.39, 0.29) is 5.91 Å². The highest BCUT2D eigenvalue weighted by molar-refractivity contribution is 5.78. The molecular weight excluding hydrogens is 320 g/mol. The molecule has 136 valence electrons. The fourth-order valence-corrected chi connectivity index (χ4v) is 2.36. The Kier molecular flexibility index (Phi) is 7.47. The number of carbonyl (C=O) groups excluding carboxylic acids is 1. The number of nitrogens with one attached hydrogen (secondary N) is 1. The van der Waals surface area contributed by atoms with Crippen molar-refractivity contribution < 1.29 is 18.8 Å². The Balaban J connectivity index is 1.75. The summed E-state index contributed by atoms with van der Waals surface area (Å²) in [5, 5.41) is 6.80. The molecule has 1 aromatic carbocycles. The summed E-state index contributed by atoms with van der Waals surface area (Å²) in [4.78, 5) is 11.9. The molecule has 6 heteroatoms. The highest BCUT2D eigenvalue weighted by Crippen LogP contribution is 2.18. The first kappa shape index (κ1) is 19.0. The third kappa shape index (κ3) is 6.23. The average Bonchev–Trinajstić information content (AvgIpc) is 2.92. The van der Waals surface area contributed by atoms with Gasteiger partial charge in [-0.25, -0.2) is 0 Å². The van der Waals surface area contributed by atoms with Gasteiger partial charge in [0.25, 0.3) is 0 Å². The molecule has 0 saturated heterocycles. The van der Waals surface area contributed by atoms with Gasteiger partial charge in [0.05, 0.1) is 17.7 Å². The number of aryl methyl sites for hydroxylation is 2. The molecule has 2 rings (SSSR count). The van der Waals surface area contributed by atoms with Gasteiger partial charge in [0.15, 0.2) is 0 Å². The predicted molar refractivity (Wildman–Crippen MR) is 94.6 cm³/mol. The van der Waals surface area contributed by atoms with Crippen molar-refractivity contribution in [1.82, 2.24) is 10.5 Å². The first-order valence-corrected chi connectivity index (χ1v) is 8.58. The predicted octanol–water partition coefficient (Wildman–Crippen LogP) is 2.96. The highest BCUT2D eigenvalue weighted by Gasteiger charge is 2.09. The van der Waals surface area contributed by atoms with Gasteiger partial charge >= 0.3 is 0 Å². The summed E-state index contributed by atoms with van der Waals surface area (Å²) in [5.74, 6) is 1.54. The number of aromatic nitrogens is 1. The van der Waals surface area contributed by atoms with Gasteiger partial charge in [0.2, 0.25) is 5.91 Å². The van der Waals surface area contributed by atoms with Crippen LogP contribution in [-0.4, -0.2) is 30.8 Å². The molecule has 0 aliphatic carbocycles. The summed E-state index contributed by atoms with van der Waals surface area (Å²) in [6.07, 6.45) is 1.19. The van der Waals surface area contributed by atoms with Crippen LogP contribution in [0.15, 0.2) is 28.8 Å². The van der Waals surface area contributed by atoms with Gasteiger partial charge in [-0.2, -0.15) is 0 Å². The maximum atomic E-state index is 11.9. The molecule has 0 spiro atoms. The summed E-state index contributed by atoms with van der Waals surface area (Å²) < 4.78 is 16.1. The molecule has 0 atom stereocenters. The van der Waals surface area contributed by atoms with Crippen molar-refractivity contribution in [3.63, 3.8) is 0 Å². The van der Waals surface area contributed by atoms with Crippen LogP contribution in [0.25, 0.3) is 0 Å². The third-order valence-corrected chi connectivity index (χ3v) is 3.84. The lowest BCUT2D eigenvalue weighted by molar-refractivity contribution is -0.120. The summed E-state index contributed by atoms with van der Waals surface area (Å²) in [6.45, 7) is 8.16. The van der Waals surface area contributed by atoms with E-state index in [4.69, 9.17) is 14.0 Å². The Bertz CT molecular complexity index is 645. The fourth-order valence-electron chi connectivity index (χ4n) is 2.36. The standard InChI is InChI=1S/C19H26N2O4/c1-4-23-11-5-10-20-19(22)12-16-6-8-17(9-7-16)24-13-18-14(2)21-25-15(18)3/h6-9H,4-5,10-13H2,1-3H3,(H,20,22). The van der Waals surface area contributed by atoms with Crippen molar-refractivity contribution in [3.05, 3.63) is 46.8 Å². The number of hydrogen-bond donors (Lipinski definition) is 1. The molecule has 1 aromatic heterocycles. The van der Waals surface area contributed by atoms with Crippen LogP contribution in [0.2, 0.25) is 0 Å². The fraction of sp³-hybridized carbons (Fsp3) is 0.474. The zero-order valence-electron chi connectivity index (χ0n) is 15.1. The maximum Gasteiger partial charge on any atom is 0.224 e. The summed E-state index contributed by atoms with van der Waals surface area (Å²) in [6, 6.07) is 7.55. The highest BCUT2D eigenvalue weighted by atomic mass is 16.5. The zero-order chi connectivity index (χ0) is 18.1. The van der Waals surface area contributed by atoms with Gasteiger partial charge in [0.1, 0.15) is 18.1 Å². The van der Waals surface area contributed by atoms with E-state index in [1.165, 1.54) is 0 Å². The van der Waals surface area contributed by atoms with Crippen LogP contribution in [0.5, 0.6) is 5.75 Å².